The molecule has 1 N–H and O–H groups in total. The van der Waals surface area contributed by atoms with Crippen molar-refractivity contribution < 1.29 is 14.3 Å². The molecule has 1 amide bonds. The summed E-state index contributed by atoms with van der Waals surface area (Å²) in [5.74, 6) is 0.884. The molecule has 8 nitrogen and oxygen atoms in total. The summed E-state index contributed by atoms with van der Waals surface area (Å²) in [7, 11) is 0. The number of hydrazone groups is 1. The van der Waals surface area contributed by atoms with Crippen molar-refractivity contribution in [2.75, 3.05) is 13.2 Å². The fourth-order valence-corrected chi connectivity index (χ4v) is 5.19. The fourth-order valence-electron chi connectivity index (χ4n) is 3.97. The number of thiophene rings is 1. The van der Waals surface area contributed by atoms with Gasteiger partial charge in [0, 0.05) is 4.88 Å². The smallest absolute Gasteiger partial charge is 0.263 e. The molecule has 2 heterocycles. The van der Waals surface area contributed by atoms with Gasteiger partial charge < -0.3 is 9.47 Å². The summed E-state index contributed by atoms with van der Waals surface area (Å²) in [5, 5.41) is 4.73. The van der Waals surface area contributed by atoms with E-state index in [4.69, 9.17) is 9.47 Å². The van der Waals surface area contributed by atoms with Crippen LogP contribution in [0.25, 0.3) is 10.2 Å². The average molecular weight is 469 g/mol. The van der Waals surface area contributed by atoms with Crippen molar-refractivity contribution in [3.05, 3.63) is 50.9 Å². The molecule has 0 spiro atoms. The summed E-state index contributed by atoms with van der Waals surface area (Å²) >= 11 is 1.60. The summed E-state index contributed by atoms with van der Waals surface area (Å²) in [5.41, 5.74) is 4.22. The van der Waals surface area contributed by atoms with Crippen molar-refractivity contribution >= 4 is 33.7 Å². The summed E-state index contributed by atoms with van der Waals surface area (Å²) in [6, 6.07) is 4.69. The lowest BCUT2D eigenvalue weighted by Gasteiger charge is -2.14. The number of nitrogens with zero attached hydrogens (tertiary/aromatic N) is 3. The molecule has 0 fully saturated rings. The number of aryl methyl sites for hydroxylation is 2. The minimum absolute atomic E-state index is 0.168. The number of nitrogens with one attached hydrogen (secondary N) is 1. The SMILES string of the molecule is CCOc1ccc(/C=N\NC(=O)[C@H](C)n2cnc3sc4c(c3c2=O)CCCC4)cc1OCC. The predicted molar refractivity (Wildman–Crippen MR) is 130 cm³/mol. The molecule has 1 aliphatic rings. The summed E-state index contributed by atoms with van der Waals surface area (Å²) in [6.45, 7) is 6.53. The second-order valence-electron chi connectivity index (χ2n) is 7.83. The van der Waals surface area contributed by atoms with Crippen LogP contribution in [0.2, 0.25) is 0 Å². The van der Waals surface area contributed by atoms with Crippen LogP contribution in [0.15, 0.2) is 34.4 Å². The average Bonchev–Trinajstić information content (AvgIpc) is 3.20. The molecule has 2 aromatic heterocycles. The highest BCUT2D eigenvalue weighted by atomic mass is 32.1. The summed E-state index contributed by atoms with van der Waals surface area (Å²) < 4.78 is 12.6. The van der Waals surface area contributed by atoms with Crippen molar-refractivity contribution in [1.29, 1.82) is 0 Å². The molecule has 0 aliphatic heterocycles. The molecule has 3 aromatic rings. The molecule has 174 valence electrons. The Labute approximate surface area is 196 Å². The highest BCUT2D eigenvalue weighted by Gasteiger charge is 2.23. The van der Waals surface area contributed by atoms with E-state index in [1.165, 1.54) is 22.0 Å². The predicted octanol–water partition coefficient (Wildman–Crippen LogP) is 3.85. The van der Waals surface area contributed by atoms with Gasteiger partial charge in [0.25, 0.3) is 11.5 Å². The van der Waals surface area contributed by atoms with E-state index in [2.05, 4.69) is 15.5 Å². The number of benzene rings is 1. The molecule has 0 radical (unpaired) electrons. The number of hydrogen-bond donors (Lipinski definition) is 1. The van der Waals surface area contributed by atoms with Crippen LogP contribution >= 0.6 is 11.3 Å². The van der Waals surface area contributed by atoms with E-state index in [0.717, 1.165) is 41.6 Å². The Morgan fingerprint density at radius 1 is 1.24 bits per heavy atom. The third-order valence-corrected chi connectivity index (χ3v) is 6.85. The number of fused-ring (bicyclic) bond motifs is 3. The van der Waals surface area contributed by atoms with Gasteiger partial charge >= 0.3 is 0 Å². The lowest BCUT2D eigenvalue weighted by molar-refractivity contribution is -0.123. The first-order chi connectivity index (χ1) is 16.0. The Morgan fingerprint density at radius 3 is 2.79 bits per heavy atom. The standard InChI is InChI=1S/C24H28N4O4S/c1-4-31-18-11-10-16(12-19(18)32-5-2)13-26-27-22(29)15(3)28-14-25-23-21(24(28)30)17-8-6-7-9-20(17)33-23/h10-15H,4-9H2,1-3H3,(H,27,29)/b26-13-/t15-/m0/s1. The Morgan fingerprint density at radius 2 is 2.00 bits per heavy atom. The molecule has 0 saturated carbocycles. The molecular weight excluding hydrogens is 440 g/mol. The number of carbonyl (C=O) groups excluding carboxylic acids is 1. The van der Waals surface area contributed by atoms with Gasteiger partial charge in [0.15, 0.2) is 11.5 Å². The van der Waals surface area contributed by atoms with Gasteiger partial charge in [-0.05, 0) is 75.8 Å². The number of carbonyl (C=O) groups is 1. The van der Waals surface area contributed by atoms with Crippen LogP contribution in [-0.4, -0.2) is 34.9 Å². The van der Waals surface area contributed by atoms with Crippen LogP contribution in [0.5, 0.6) is 11.5 Å². The van der Waals surface area contributed by atoms with E-state index < -0.39 is 11.9 Å². The van der Waals surface area contributed by atoms with Crippen molar-refractivity contribution in [3.8, 4) is 11.5 Å². The van der Waals surface area contributed by atoms with E-state index in [1.807, 2.05) is 26.0 Å². The van der Waals surface area contributed by atoms with Gasteiger partial charge in [-0.3, -0.25) is 14.2 Å². The lowest BCUT2D eigenvalue weighted by Crippen LogP contribution is -2.34. The molecule has 1 aliphatic carbocycles. The molecule has 1 atom stereocenters. The maximum atomic E-state index is 13.2. The second kappa shape index (κ2) is 10.2. The van der Waals surface area contributed by atoms with Gasteiger partial charge in [-0.25, -0.2) is 10.4 Å². The van der Waals surface area contributed by atoms with Crippen LogP contribution in [0, 0.1) is 0 Å². The monoisotopic (exact) mass is 468 g/mol. The Balaban J connectivity index is 1.49. The maximum absolute atomic E-state index is 13.2. The number of rotatable bonds is 8. The lowest BCUT2D eigenvalue weighted by atomic mass is 9.97. The molecule has 9 heteroatoms. The molecule has 0 bridgehead atoms. The van der Waals surface area contributed by atoms with Gasteiger partial charge in [-0.2, -0.15) is 5.10 Å². The van der Waals surface area contributed by atoms with Crippen molar-refractivity contribution in [2.45, 2.75) is 52.5 Å². The minimum atomic E-state index is -0.745. The summed E-state index contributed by atoms with van der Waals surface area (Å²) in [4.78, 5) is 32.4. The minimum Gasteiger partial charge on any atom is -0.490 e. The number of ether oxygens (including phenoxy) is 2. The maximum Gasteiger partial charge on any atom is 0.263 e. The van der Waals surface area contributed by atoms with Crippen LogP contribution in [0.1, 0.15) is 55.7 Å². The van der Waals surface area contributed by atoms with Crippen molar-refractivity contribution in [1.82, 2.24) is 15.0 Å². The van der Waals surface area contributed by atoms with Crippen LogP contribution in [0.4, 0.5) is 0 Å². The van der Waals surface area contributed by atoms with Crippen molar-refractivity contribution in [2.24, 2.45) is 5.10 Å². The molecule has 33 heavy (non-hydrogen) atoms. The topological polar surface area (TPSA) is 94.8 Å². The highest BCUT2D eigenvalue weighted by Crippen LogP contribution is 2.33. The highest BCUT2D eigenvalue weighted by molar-refractivity contribution is 7.18. The third kappa shape index (κ3) is 4.78. The Kier molecular flexibility index (Phi) is 7.08. The normalized spacial score (nSPS) is 14.3. The largest absolute Gasteiger partial charge is 0.490 e. The third-order valence-electron chi connectivity index (χ3n) is 5.65. The van der Waals surface area contributed by atoms with Crippen LogP contribution in [-0.2, 0) is 17.6 Å². The first kappa shape index (κ1) is 23.0. The number of amides is 1. The molecule has 1 aromatic carbocycles. The zero-order valence-electron chi connectivity index (χ0n) is 19.1. The number of aromatic nitrogens is 2. The van der Waals surface area contributed by atoms with E-state index in [9.17, 15) is 9.59 Å². The van der Waals surface area contributed by atoms with Gasteiger partial charge in [0.05, 0.1) is 31.1 Å². The van der Waals surface area contributed by atoms with E-state index >= 15 is 0 Å². The number of hydrogen-bond acceptors (Lipinski definition) is 7. The molecule has 4 rings (SSSR count). The van der Waals surface area contributed by atoms with E-state index in [-0.39, 0.29) is 5.56 Å². The van der Waals surface area contributed by atoms with E-state index in [1.54, 1.807) is 24.3 Å². The molecule has 0 unspecified atom stereocenters. The Hall–Kier alpha value is -3.20. The first-order valence-electron chi connectivity index (χ1n) is 11.3. The molecular formula is C24H28N4O4S. The zero-order valence-corrected chi connectivity index (χ0v) is 19.9. The van der Waals surface area contributed by atoms with Gasteiger partial charge in [-0.1, -0.05) is 0 Å². The Bertz CT molecular complexity index is 1250. The van der Waals surface area contributed by atoms with Crippen LogP contribution in [0.3, 0.4) is 0 Å². The van der Waals surface area contributed by atoms with Crippen molar-refractivity contribution in [3.63, 3.8) is 0 Å². The molecule has 0 saturated heterocycles. The quantitative estimate of drug-likeness (QED) is 0.400. The van der Waals surface area contributed by atoms with Gasteiger partial charge in [-0.15, -0.1) is 11.3 Å². The zero-order chi connectivity index (χ0) is 23.4. The van der Waals surface area contributed by atoms with Crippen LogP contribution < -0.4 is 20.5 Å². The first-order valence-corrected chi connectivity index (χ1v) is 12.1. The fraction of sp³-hybridized carbons (Fsp3) is 0.417. The summed E-state index contributed by atoms with van der Waals surface area (Å²) in [6.07, 6.45) is 7.10. The second-order valence-corrected chi connectivity index (χ2v) is 8.91. The van der Waals surface area contributed by atoms with Gasteiger partial charge in [0.1, 0.15) is 10.9 Å². The van der Waals surface area contributed by atoms with E-state index in [0.29, 0.717) is 30.1 Å². The van der Waals surface area contributed by atoms with Gasteiger partial charge in [0.2, 0.25) is 0 Å².